The second-order valence-corrected chi connectivity index (χ2v) is 9.72. The van der Waals surface area contributed by atoms with Crippen molar-refractivity contribution < 1.29 is 14.6 Å². The van der Waals surface area contributed by atoms with Crippen molar-refractivity contribution in [2.75, 3.05) is 25.1 Å². The Morgan fingerprint density at radius 1 is 1.29 bits per heavy atom. The Balaban J connectivity index is 1.83. The van der Waals surface area contributed by atoms with Gasteiger partial charge in [0, 0.05) is 42.5 Å². The normalized spacial score (nSPS) is 14.2. The van der Waals surface area contributed by atoms with Crippen LogP contribution in [0, 0.1) is 6.92 Å². The number of nitrogens with zero attached hydrogens (tertiary/aromatic N) is 4. The number of Topliss-reactive ketones (excluding diaryl/α,β-unsaturated/α-hetero) is 1. The van der Waals surface area contributed by atoms with Gasteiger partial charge >= 0.3 is 0 Å². The molecule has 0 radical (unpaired) electrons. The molecule has 0 unspecified atom stereocenters. The molecule has 1 aromatic carbocycles. The van der Waals surface area contributed by atoms with Crippen LogP contribution in [-0.4, -0.2) is 52.1 Å². The van der Waals surface area contributed by atoms with Crippen molar-refractivity contribution >= 4 is 28.8 Å². The van der Waals surface area contributed by atoms with E-state index in [0.717, 1.165) is 16.8 Å². The first kappa shape index (κ1) is 27.5. The number of carbonyl (C=O) groups excluding carboxylic acids is 1. The molecule has 0 aliphatic carbocycles. The predicted octanol–water partition coefficient (Wildman–Crippen LogP) is 3.65. The van der Waals surface area contributed by atoms with Crippen molar-refractivity contribution in [3.05, 3.63) is 69.8 Å². The third-order valence-corrected chi connectivity index (χ3v) is 6.73. The Morgan fingerprint density at radius 2 is 2.08 bits per heavy atom. The van der Waals surface area contributed by atoms with Gasteiger partial charge in [0.05, 0.1) is 28.5 Å². The SMILES string of the molecule is CCC(=O)C(=C(C)N)c1nc(-c2cc(OC[C@H](O)CNC)ccc2Cl)nc(N2Cc3cccnc3C2)c1C. The minimum atomic E-state index is -0.668. The number of aromatic nitrogens is 3. The van der Waals surface area contributed by atoms with Crippen LogP contribution in [0.15, 0.2) is 42.2 Å². The molecule has 0 amide bonds. The van der Waals surface area contributed by atoms with Crippen LogP contribution in [0.4, 0.5) is 5.82 Å². The highest BCUT2D eigenvalue weighted by atomic mass is 35.5. The van der Waals surface area contributed by atoms with E-state index >= 15 is 0 Å². The molecule has 10 heteroatoms. The van der Waals surface area contributed by atoms with Crippen LogP contribution < -0.4 is 20.7 Å². The zero-order valence-electron chi connectivity index (χ0n) is 22.1. The summed E-state index contributed by atoms with van der Waals surface area (Å²) in [5, 5.41) is 13.4. The van der Waals surface area contributed by atoms with Gasteiger partial charge < -0.3 is 25.8 Å². The summed E-state index contributed by atoms with van der Waals surface area (Å²) in [6.45, 7) is 7.12. The van der Waals surface area contributed by atoms with Gasteiger partial charge in [0.1, 0.15) is 24.3 Å². The van der Waals surface area contributed by atoms with Gasteiger partial charge in [-0.05, 0) is 50.7 Å². The molecular formula is C28H33ClN6O3. The van der Waals surface area contributed by atoms with Gasteiger partial charge in [0.15, 0.2) is 11.6 Å². The maximum Gasteiger partial charge on any atom is 0.166 e. The molecule has 0 saturated carbocycles. The molecule has 9 nitrogen and oxygen atoms in total. The number of allylic oxidation sites excluding steroid dienone is 2. The van der Waals surface area contributed by atoms with Crippen LogP contribution >= 0.6 is 11.6 Å². The summed E-state index contributed by atoms with van der Waals surface area (Å²) in [4.78, 5) is 29.4. The zero-order chi connectivity index (χ0) is 27.4. The van der Waals surface area contributed by atoms with E-state index in [0.29, 0.717) is 64.6 Å². The van der Waals surface area contributed by atoms with Gasteiger partial charge in [-0.25, -0.2) is 9.97 Å². The number of aliphatic hydroxyl groups is 1. The molecule has 3 heterocycles. The molecule has 4 rings (SSSR count). The summed E-state index contributed by atoms with van der Waals surface area (Å²) < 4.78 is 5.80. The molecule has 1 atom stereocenters. The molecular weight excluding hydrogens is 504 g/mol. The first-order valence-corrected chi connectivity index (χ1v) is 12.9. The lowest BCUT2D eigenvalue weighted by molar-refractivity contribution is -0.113. The van der Waals surface area contributed by atoms with Crippen molar-refractivity contribution in [1.29, 1.82) is 0 Å². The van der Waals surface area contributed by atoms with Gasteiger partial charge in [-0.15, -0.1) is 0 Å². The van der Waals surface area contributed by atoms with E-state index in [1.54, 1.807) is 45.3 Å². The van der Waals surface area contributed by atoms with Crippen LogP contribution in [0.3, 0.4) is 0 Å². The van der Waals surface area contributed by atoms with Crippen molar-refractivity contribution in [3.63, 3.8) is 0 Å². The molecule has 0 saturated heterocycles. The number of hydrogen-bond donors (Lipinski definition) is 3. The van der Waals surface area contributed by atoms with Crippen molar-refractivity contribution in [3.8, 4) is 17.1 Å². The summed E-state index contributed by atoms with van der Waals surface area (Å²) in [6.07, 6.45) is 1.40. The van der Waals surface area contributed by atoms with Crippen molar-refractivity contribution in [2.24, 2.45) is 5.73 Å². The summed E-state index contributed by atoms with van der Waals surface area (Å²) in [5.41, 5.74) is 10.9. The molecule has 2 aromatic heterocycles. The number of fused-ring (bicyclic) bond motifs is 1. The molecule has 0 fully saturated rings. The number of pyridine rings is 1. The Hall–Kier alpha value is -3.53. The highest BCUT2D eigenvalue weighted by Crippen LogP contribution is 2.36. The van der Waals surface area contributed by atoms with Crippen LogP contribution in [0.25, 0.3) is 17.0 Å². The van der Waals surface area contributed by atoms with Crippen LogP contribution in [0.2, 0.25) is 5.02 Å². The molecule has 38 heavy (non-hydrogen) atoms. The fourth-order valence-corrected chi connectivity index (χ4v) is 4.70. The van der Waals surface area contributed by atoms with E-state index in [4.69, 9.17) is 32.0 Å². The number of hydrogen-bond acceptors (Lipinski definition) is 9. The number of benzene rings is 1. The highest BCUT2D eigenvalue weighted by molar-refractivity contribution is 6.33. The van der Waals surface area contributed by atoms with E-state index in [9.17, 15) is 9.90 Å². The van der Waals surface area contributed by atoms with Crippen molar-refractivity contribution in [2.45, 2.75) is 46.4 Å². The lowest BCUT2D eigenvalue weighted by Gasteiger charge is -2.22. The van der Waals surface area contributed by atoms with Gasteiger partial charge in [-0.1, -0.05) is 24.6 Å². The number of aliphatic hydroxyl groups excluding tert-OH is 1. The Labute approximate surface area is 227 Å². The Bertz CT molecular complexity index is 1350. The topological polar surface area (TPSA) is 126 Å². The van der Waals surface area contributed by atoms with E-state index in [1.807, 2.05) is 13.0 Å². The number of carbonyl (C=O) groups is 1. The molecule has 3 aromatic rings. The fourth-order valence-electron chi connectivity index (χ4n) is 4.49. The number of rotatable bonds is 10. The van der Waals surface area contributed by atoms with E-state index in [1.165, 1.54) is 0 Å². The maximum atomic E-state index is 13.0. The van der Waals surface area contributed by atoms with Crippen LogP contribution in [0.5, 0.6) is 5.75 Å². The second kappa shape index (κ2) is 11.9. The standard InChI is InChI=1S/C28H33ClN6O3/c1-5-24(37)25(17(3)30)26-16(2)28(35-13-18-7-6-10-32-23(18)14-35)34-27(33-26)21-11-20(8-9-22(21)29)38-15-19(36)12-31-4/h6-11,19,31,36H,5,12-15,30H2,1-4H3/t19-/m1/s1. The van der Waals surface area contributed by atoms with Crippen LogP contribution in [-0.2, 0) is 17.9 Å². The van der Waals surface area contributed by atoms with Gasteiger partial charge in [0.25, 0.3) is 0 Å². The third kappa shape index (κ3) is 5.80. The molecule has 1 aliphatic rings. The average molecular weight is 537 g/mol. The first-order chi connectivity index (χ1) is 18.2. The van der Waals surface area contributed by atoms with Crippen LogP contribution in [0.1, 0.15) is 42.8 Å². The number of ether oxygens (including phenoxy) is 1. The number of anilines is 1. The maximum absolute atomic E-state index is 13.0. The first-order valence-electron chi connectivity index (χ1n) is 12.5. The Morgan fingerprint density at radius 3 is 2.76 bits per heavy atom. The van der Waals surface area contributed by atoms with E-state index in [-0.39, 0.29) is 18.8 Å². The predicted molar refractivity (Wildman–Crippen MR) is 149 cm³/mol. The summed E-state index contributed by atoms with van der Waals surface area (Å²) in [5.74, 6) is 1.44. The van der Waals surface area contributed by atoms with Gasteiger partial charge in [0.2, 0.25) is 0 Å². The number of likely N-dealkylation sites (N-methyl/N-ethyl adjacent to an activating group) is 1. The molecule has 4 N–H and O–H groups in total. The third-order valence-electron chi connectivity index (χ3n) is 6.40. The minimum absolute atomic E-state index is 0.100. The largest absolute Gasteiger partial charge is 0.491 e. The second-order valence-electron chi connectivity index (χ2n) is 9.31. The minimum Gasteiger partial charge on any atom is -0.491 e. The summed E-state index contributed by atoms with van der Waals surface area (Å²) in [7, 11) is 1.76. The fraction of sp³-hybridized carbons (Fsp3) is 0.357. The number of halogens is 1. The summed E-state index contributed by atoms with van der Waals surface area (Å²) in [6, 6.07) is 9.15. The van der Waals surface area contributed by atoms with Gasteiger partial charge in [-0.2, -0.15) is 0 Å². The molecule has 0 bridgehead atoms. The molecule has 200 valence electrons. The zero-order valence-corrected chi connectivity index (χ0v) is 22.8. The smallest absolute Gasteiger partial charge is 0.166 e. The average Bonchev–Trinajstić information content (AvgIpc) is 3.33. The Kier molecular flexibility index (Phi) is 8.61. The quantitative estimate of drug-likeness (QED) is 0.333. The lowest BCUT2D eigenvalue weighted by Crippen LogP contribution is -2.29. The number of ketones is 1. The summed E-state index contributed by atoms with van der Waals surface area (Å²) >= 11 is 6.63. The molecule has 0 spiro atoms. The highest BCUT2D eigenvalue weighted by Gasteiger charge is 2.28. The van der Waals surface area contributed by atoms with E-state index < -0.39 is 6.10 Å². The lowest BCUT2D eigenvalue weighted by atomic mass is 9.99. The monoisotopic (exact) mass is 536 g/mol. The van der Waals surface area contributed by atoms with E-state index in [2.05, 4.69) is 21.3 Å². The number of nitrogens with two attached hydrogens (primary N) is 1. The van der Waals surface area contributed by atoms with Crippen molar-refractivity contribution in [1.82, 2.24) is 20.3 Å². The number of nitrogens with one attached hydrogen (secondary N) is 1. The molecule has 1 aliphatic heterocycles. The van der Waals surface area contributed by atoms with Gasteiger partial charge in [-0.3, -0.25) is 9.78 Å².